The summed E-state index contributed by atoms with van der Waals surface area (Å²) in [6.45, 7) is 3.68. The van der Waals surface area contributed by atoms with Gasteiger partial charge in [-0.2, -0.15) is 5.26 Å². The Bertz CT molecular complexity index is 1080. The monoisotopic (exact) mass is 367 g/mol. The molecule has 0 atom stereocenters. The quantitative estimate of drug-likeness (QED) is 0.647. The Kier molecular flexibility index (Phi) is 5.14. The lowest BCUT2D eigenvalue weighted by Crippen LogP contribution is -2.26. The third kappa shape index (κ3) is 3.37. The number of benzene rings is 1. The summed E-state index contributed by atoms with van der Waals surface area (Å²) < 4.78 is 6.60. The maximum atomic E-state index is 12.6. The van der Waals surface area contributed by atoms with Gasteiger partial charge in [-0.1, -0.05) is 19.1 Å². The maximum Gasteiger partial charge on any atom is 0.348 e. The normalized spacial score (nSPS) is 10.7. The van der Waals surface area contributed by atoms with E-state index in [0.717, 1.165) is 16.9 Å². The summed E-state index contributed by atoms with van der Waals surface area (Å²) in [7, 11) is 0. The van der Waals surface area contributed by atoms with Gasteiger partial charge in [0, 0.05) is 4.88 Å². The van der Waals surface area contributed by atoms with Crippen LogP contribution in [0.15, 0.2) is 35.1 Å². The van der Waals surface area contributed by atoms with Crippen molar-refractivity contribution in [2.75, 3.05) is 0 Å². The summed E-state index contributed by atoms with van der Waals surface area (Å²) in [6, 6.07) is 10.7. The average molecular weight is 367 g/mol. The summed E-state index contributed by atoms with van der Waals surface area (Å²) in [4.78, 5) is 30.9. The molecular formula is C19H17N3O3S. The van der Waals surface area contributed by atoms with Crippen LogP contribution in [0, 0.1) is 18.3 Å². The van der Waals surface area contributed by atoms with Crippen LogP contribution in [0.4, 0.5) is 0 Å². The third-order valence-electron chi connectivity index (χ3n) is 4.10. The minimum Gasteiger partial charge on any atom is -0.453 e. The number of hydrogen-bond acceptors (Lipinski definition) is 6. The van der Waals surface area contributed by atoms with Crippen LogP contribution in [-0.2, 0) is 24.3 Å². The molecule has 1 aromatic carbocycles. The van der Waals surface area contributed by atoms with Crippen molar-refractivity contribution in [1.82, 2.24) is 9.55 Å². The number of nitriles is 1. The number of carbonyl (C=O) groups excluding carboxylic acids is 1. The Morgan fingerprint density at radius 1 is 1.38 bits per heavy atom. The van der Waals surface area contributed by atoms with Crippen molar-refractivity contribution < 1.29 is 9.53 Å². The summed E-state index contributed by atoms with van der Waals surface area (Å²) >= 11 is 1.39. The number of aromatic nitrogens is 2. The van der Waals surface area contributed by atoms with Gasteiger partial charge in [-0.3, -0.25) is 9.36 Å². The lowest BCUT2D eigenvalue weighted by Gasteiger charge is -2.10. The highest BCUT2D eigenvalue weighted by atomic mass is 32.1. The Morgan fingerprint density at radius 3 is 2.85 bits per heavy atom. The minimum atomic E-state index is -0.455. The number of carbonyl (C=O) groups is 1. The first kappa shape index (κ1) is 17.8. The lowest BCUT2D eigenvalue weighted by molar-refractivity contribution is 0.0463. The SMILES string of the molecule is CCc1cc(C(=O)OCc2nc3ccccc3c(=O)n2CC#N)sc1C. The van der Waals surface area contributed by atoms with Crippen molar-refractivity contribution in [3.63, 3.8) is 0 Å². The number of nitrogens with zero attached hydrogens (tertiary/aromatic N) is 3. The molecule has 0 N–H and O–H groups in total. The number of aryl methyl sites for hydroxylation is 2. The van der Waals surface area contributed by atoms with Crippen molar-refractivity contribution in [1.29, 1.82) is 5.26 Å². The fraction of sp³-hybridized carbons (Fsp3) is 0.263. The van der Waals surface area contributed by atoms with Crippen molar-refractivity contribution in [3.8, 4) is 6.07 Å². The van der Waals surface area contributed by atoms with Gasteiger partial charge in [0.1, 0.15) is 18.0 Å². The number of para-hydroxylation sites is 1. The summed E-state index contributed by atoms with van der Waals surface area (Å²) in [5, 5.41) is 9.44. The van der Waals surface area contributed by atoms with Gasteiger partial charge in [0.25, 0.3) is 5.56 Å². The second-order valence-electron chi connectivity index (χ2n) is 5.72. The zero-order valence-electron chi connectivity index (χ0n) is 14.5. The molecule has 0 aliphatic rings. The van der Waals surface area contributed by atoms with Crippen molar-refractivity contribution in [2.45, 2.75) is 33.4 Å². The molecule has 0 amide bonds. The van der Waals surface area contributed by atoms with Gasteiger partial charge in [0.2, 0.25) is 0 Å². The van der Waals surface area contributed by atoms with E-state index in [1.807, 2.05) is 26.0 Å². The number of rotatable bonds is 5. The molecule has 0 saturated heterocycles. The third-order valence-corrected chi connectivity index (χ3v) is 5.18. The van der Waals surface area contributed by atoms with E-state index < -0.39 is 5.97 Å². The number of thiophene rings is 1. The summed E-state index contributed by atoms with van der Waals surface area (Å²) in [5.41, 5.74) is 1.31. The van der Waals surface area contributed by atoms with E-state index >= 15 is 0 Å². The first-order valence-electron chi connectivity index (χ1n) is 8.17. The van der Waals surface area contributed by atoms with E-state index in [-0.39, 0.29) is 24.5 Å². The molecule has 6 nitrogen and oxygen atoms in total. The minimum absolute atomic E-state index is 0.151. The van der Waals surface area contributed by atoms with Crippen LogP contribution in [0.25, 0.3) is 10.9 Å². The van der Waals surface area contributed by atoms with Crippen LogP contribution in [0.2, 0.25) is 0 Å². The molecule has 0 spiro atoms. The van der Waals surface area contributed by atoms with E-state index in [4.69, 9.17) is 10.00 Å². The van der Waals surface area contributed by atoms with E-state index in [1.165, 1.54) is 15.9 Å². The Hall–Kier alpha value is -2.98. The molecule has 0 fully saturated rings. The summed E-state index contributed by atoms with van der Waals surface area (Å²) in [6.07, 6.45) is 0.851. The predicted molar refractivity (Wildman–Crippen MR) is 99.2 cm³/mol. The number of hydrogen-bond donors (Lipinski definition) is 0. The van der Waals surface area contributed by atoms with E-state index in [2.05, 4.69) is 4.98 Å². The standard InChI is InChI=1S/C19H17N3O3S/c1-3-13-10-16(26-12(13)2)19(24)25-11-17-21-15-7-5-4-6-14(15)18(23)22(17)9-8-20/h4-7,10H,3,9,11H2,1-2H3. The van der Waals surface area contributed by atoms with Crippen LogP contribution < -0.4 is 5.56 Å². The van der Waals surface area contributed by atoms with Gasteiger partial charge in [0.05, 0.1) is 17.0 Å². The van der Waals surface area contributed by atoms with Crippen LogP contribution in [0.5, 0.6) is 0 Å². The number of fused-ring (bicyclic) bond motifs is 1. The zero-order valence-corrected chi connectivity index (χ0v) is 15.3. The van der Waals surface area contributed by atoms with E-state index in [1.54, 1.807) is 24.3 Å². The van der Waals surface area contributed by atoms with Crippen molar-refractivity contribution >= 4 is 28.2 Å². The molecule has 0 unspecified atom stereocenters. The van der Waals surface area contributed by atoms with Crippen molar-refractivity contribution in [3.05, 3.63) is 61.8 Å². The van der Waals surface area contributed by atoms with Crippen molar-refractivity contribution in [2.24, 2.45) is 0 Å². The Morgan fingerprint density at radius 2 is 2.15 bits per heavy atom. The van der Waals surface area contributed by atoms with Crippen LogP contribution in [0.3, 0.4) is 0 Å². The fourth-order valence-corrected chi connectivity index (χ4v) is 3.74. The van der Waals surface area contributed by atoms with E-state index in [9.17, 15) is 9.59 Å². The summed E-state index contributed by atoms with van der Waals surface area (Å²) in [5.74, 6) is -0.198. The van der Waals surface area contributed by atoms with E-state index in [0.29, 0.717) is 15.8 Å². The average Bonchev–Trinajstić information content (AvgIpc) is 3.03. The largest absolute Gasteiger partial charge is 0.453 e. The highest BCUT2D eigenvalue weighted by Gasteiger charge is 2.16. The second-order valence-corrected chi connectivity index (χ2v) is 6.97. The number of esters is 1. The van der Waals surface area contributed by atoms with Crippen LogP contribution in [0.1, 0.15) is 32.9 Å². The Balaban J connectivity index is 1.90. The maximum absolute atomic E-state index is 12.6. The molecule has 7 heteroatoms. The first-order valence-corrected chi connectivity index (χ1v) is 8.98. The molecule has 0 radical (unpaired) electrons. The van der Waals surface area contributed by atoms with Crippen LogP contribution in [-0.4, -0.2) is 15.5 Å². The second kappa shape index (κ2) is 7.50. The molecule has 0 aliphatic heterocycles. The molecule has 2 heterocycles. The smallest absolute Gasteiger partial charge is 0.348 e. The molecule has 3 rings (SSSR count). The molecule has 26 heavy (non-hydrogen) atoms. The highest BCUT2D eigenvalue weighted by Crippen LogP contribution is 2.23. The lowest BCUT2D eigenvalue weighted by atomic mass is 10.2. The van der Waals surface area contributed by atoms with Gasteiger partial charge < -0.3 is 4.74 Å². The van der Waals surface area contributed by atoms with Gasteiger partial charge in [-0.05, 0) is 37.1 Å². The number of ether oxygens (including phenoxy) is 1. The molecule has 3 aromatic rings. The first-order chi connectivity index (χ1) is 12.5. The van der Waals surface area contributed by atoms with Gasteiger partial charge in [0.15, 0.2) is 5.82 Å². The topological polar surface area (TPSA) is 85.0 Å². The fourth-order valence-electron chi connectivity index (χ4n) is 2.73. The van der Waals surface area contributed by atoms with Gasteiger partial charge >= 0.3 is 5.97 Å². The molecule has 0 bridgehead atoms. The molecule has 0 saturated carbocycles. The predicted octanol–water partition coefficient (Wildman–Crippen LogP) is 3.21. The van der Waals surface area contributed by atoms with Gasteiger partial charge in [-0.25, -0.2) is 9.78 Å². The molecule has 0 aliphatic carbocycles. The molecular weight excluding hydrogens is 350 g/mol. The highest BCUT2D eigenvalue weighted by molar-refractivity contribution is 7.14. The zero-order chi connectivity index (χ0) is 18.7. The van der Waals surface area contributed by atoms with Crippen LogP contribution >= 0.6 is 11.3 Å². The molecule has 2 aromatic heterocycles. The Labute approximate surface area is 154 Å². The molecule has 132 valence electrons. The van der Waals surface area contributed by atoms with Gasteiger partial charge in [-0.15, -0.1) is 11.3 Å².